The largest absolute Gasteiger partial charge is 0.309 e. The maximum Gasteiger partial charge on any atom is 0.258 e. The average molecular weight is 336 g/mol. The number of aromatic nitrogens is 6. The number of nitrogens with one attached hydrogen (secondary N) is 1. The standard InChI is InChI=1S/C16H12N6OS/c23-15-12-5-1-2-6-13(12)19-14(20-15)9-24-16-21-18-10-22(16)11-4-3-7-17-8-11/h1-8,10H,9H2,(H,19,20,23). The molecule has 24 heavy (non-hydrogen) atoms. The third-order valence-electron chi connectivity index (χ3n) is 3.44. The van der Waals surface area contributed by atoms with E-state index >= 15 is 0 Å². The zero-order chi connectivity index (χ0) is 16.4. The summed E-state index contributed by atoms with van der Waals surface area (Å²) in [7, 11) is 0. The lowest BCUT2D eigenvalue weighted by Crippen LogP contribution is -2.11. The van der Waals surface area contributed by atoms with E-state index in [-0.39, 0.29) is 5.56 Å². The van der Waals surface area contributed by atoms with Gasteiger partial charge >= 0.3 is 0 Å². The van der Waals surface area contributed by atoms with Crippen LogP contribution in [0.2, 0.25) is 0 Å². The van der Waals surface area contributed by atoms with Gasteiger partial charge in [0.2, 0.25) is 0 Å². The second-order valence-electron chi connectivity index (χ2n) is 5.01. The number of para-hydroxylation sites is 1. The molecule has 0 aliphatic rings. The van der Waals surface area contributed by atoms with E-state index in [1.807, 2.05) is 34.9 Å². The molecule has 4 aromatic rings. The molecule has 3 aromatic heterocycles. The maximum atomic E-state index is 12.1. The van der Waals surface area contributed by atoms with Crippen molar-refractivity contribution in [2.75, 3.05) is 0 Å². The highest BCUT2D eigenvalue weighted by Gasteiger charge is 2.09. The second-order valence-corrected chi connectivity index (χ2v) is 5.96. The van der Waals surface area contributed by atoms with Crippen LogP contribution in [0.3, 0.4) is 0 Å². The van der Waals surface area contributed by atoms with Gasteiger partial charge in [0.05, 0.1) is 28.5 Å². The van der Waals surface area contributed by atoms with E-state index in [2.05, 4.69) is 25.1 Å². The quantitative estimate of drug-likeness (QED) is 0.575. The highest BCUT2D eigenvalue weighted by Crippen LogP contribution is 2.21. The fraction of sp³-hybridized carbons (Fsp3) is 0.0625. The molecule has 1 N–H and O–H groups in total. The normalized spacial score (nSPS) is 11.0. The molecule has 8 heteroatoms. The topological polar surface area (TPSA) is 89.4 Å². The number of pyridine rings is 1. The molecule has 0 amide bonds. The van der Waals surface area contributed by atoms with Gasteiger partial charge in [-0.15, -0.1) is 10.2 Å². The van der Waals surface area contributed by atoms with Gasteiger partial charge in [-0.25, -0.2) is 4.98 Å². The summed E-state index contributed by atoms with van der Waals surface area (Å²) >= 11 is 1.45. The van der Waals surface area contributed by atoms with Gasteiger partial charge in [-0.1, -0.05) is 23.9 Å². The summed E-state index contributed by atoms with van der Waals surface area (Å²) in [4.78, 5) is 23.5. The Morgan fingerprint density at radius 3 is 2.96 bits per heavy atom. The third-order valence-corrected chi connectivity index (χ3v) is 4.39. The summed E-state index contributed by atoms with van der Waals surface area (Å²) in [5, 5.41) is 9.37. The van der Waals surface area contributed by atoms with Crippen LogP contribution in [-0.4, -0.2) is 29.7 Å². The van der Waals surface area contributed by atoms with Crippen molar-refractivity contribution in [3.8, 4) is 5.69 Å². The molecule has 0 unspecified atom stereocenters. The van der Waals surface area contributed by atoms with Gasteiger partial charge in [-0.05, 0) is 24.3 Å². The lowest BCUT2D eigenvalue weighted by Gasteiger charge is -2.05. The van der Waals surface area contributed by atoms with Crippen molar-refractivity contribution in [3.05, 3.63) is 71.3 Å². The first kappa shape index (κ1) is 14.6. The summed E-state index contributed by atoms with van der Waals surface area (Å²) in [5.74, 6) is 1.09. The second kappa shape index (κ2) is 6.25. The van der Waals surface area contributed by atoms with Crippen molar-refractivity contribution >= 4 is 22.7 Å². The molecular weight excluding hydrogens is 324 g/mol. The van der Waals surface area contributed by atoms with Crippen LogP contribution >= 0.6 is 11.8 Å². The number of thioether (sulfide) groups is 1. The molecule has 118 valence electrons. The van der Waals surface area contributed by atoms with Crippen molar-refractivity contribution in [3.63, 3.8) is 0 Å². The van der Waals surface area contributed by atoms with Crippen molar-refractivity contribution < 1.29 is 0 Å². The van der Waals surface area contributed by atoms with E-state index in [0.717, 1.165) is 5.69 Å². The van der Waals surface area contributed by atoms with Crippen LogP contribution in [-0.2, 0) is 5.75 Å². The Balaban J connectivity index is 1.60. The van der Waals surface area contributed by atoms with Crippen LogP contribution < -0.4 is 5.56 Å². The summed E-state index contributed by atoms with van der Waals surface area (Å²) in [5.41, 5.74) is 1.43. The van der Waals surface area contributed by atoms with Crippen LogP contribution in [0, 0.1) is 0 Å². The van der Waals surface area contributed by atoms with E-state index in [9.17, 15) is 4.79 Å². The highest BCUT2D eigenvalue weighted by molar-refractivity contribution is 7.98. The lowest BCUT2D eigenvalue weighted by molar-refractivity contribution is 0.876. The van der Waals surface area contributed by atoms with E-state index in [1.165, 1.54) is 11.8 Å². The third kappa shape index (κ3) is 2.79. The lowest BCUT2D eigenvalue weighted by atomic mass is 10.2. The van der Waals surface area contributed by atoms with Crippen LogP contribution in [0.15, 0.2) is 65.1 Å². The van der Waals surface area contributed by atoms with Gasteiger partial charge in [0, 0.05) is 6.20 Å². The minimum absolute atomic E-state index is 0.134. The molecule has 0 atom stereocenters. The van der Waals surface area contributed by atoms with Crippen molar-refractivity contribution in [1.82, 2.24) is 29.7 Å². The van der Waals surface area contributed by atoms with Gasteiger partial charge in [-0.3, -0.25) is 14.3 Å². The van der Waals surface area contributed by atoms with Crippen molar-refractivity contribution in [2.24, 2.45) is 0 Å². The molecule has 0 saturated carbocycles. The van der Waals surface area contributed by atoms with Gasteiger partial charge < -0.3 is 4.98 Å². The molecule has 0 aliphatic carbocycles. The van der Waals surface area contributed by atoms with E-state index in [1.54, 1.807) is 24.8 Å². The molecule has 7 nitrogen and oxygen atoms in total. The Labute approximate surface area is 140 Å². The molecule has 0 bridgehead atoms. The minimum Gasteiger partial charge on any atom is -0.309 e. The highest BCUT2D eigenvalue weighted by atomic mass is 32.2. The van der Waals surface area contributed by atoms with E-state index in [0.29, 0.717) is 27.6 Å². The fourth-order valence-corrected chi connectivity index (χ4v) is 3.13. The Hall–Kier alpha value is -3.00. The summed E-state index contributed by atoms with van der Waals surface area (Å²) in [6.07, 6.45) is 5.09. The maximum absolute atomic E-state index is 12.1. The number of hydrogen-bond donors (Lipinski definition) is 1. The Morgan fingerprint density at radius 1 is 1.17 bits per heavy atom. The van der Waals surface area contributed by atoms with Crippen molar-refractivity contribution in [2.45, 2.75) is 10.9 Å². The van der Waals surface area contributed by atoms with Crippen LogP contribution in [0.5, 0.6) is 0 Å². The number of H-pyrrole nitrogens is 1. The number of aromatic amines is 1. The predicted molar refractivity (Wildman–Crippen MR) is 91.1 cm³/mol. The van der Waals surface area contributed by atoms with Gasteiger partial charge in [0.25, 0.3) is 5.56 Å². The van der Waals surface area contributed by atoms with Crippen molar-refractivity contribution in [1.29, 1.82) is 0 Å². The molecule has 0 aliphatic heterocycles. The van der Waals surface area contributed by atoms with E-state index in [4.69, 9.17) is 0 Å². The molecule has 0 radical (unpaired) electrons. The van der Waals surface area contributed by atoms with Crippen LogP contribution in [0.4, 0.5) is 0 Å². The molecule has 4 rings (SSSR count). The molecular formula is C16H12N6OS. The SMILES string of the molecule is O=c1[nH]c(CSc2nncn2-c2cccnc2)nc2ccccc12. The van der Waals surface area contributed by atoms with E-state index < -0.39 is 0 Å². The number of benzene rings is 1. The first-order valence-electron chi connectivity index (χ1n) is 7.22. The predicted octanol–water partition coefficient (Wildman–Crippen LogP) is 2.19. The molecule has 3 heterocycles. The first-order valence-corrected chi connectivity index (χ1v) is 8.21. The van der Waals surface area contributed by atoms with Gasteiger partial charge in [0.15, 0.2) is 5.16 Å². The van der Waals surface area contributed by atoms with Gasteiger partial charge in [-0.2, -0.15) is 0 Å². The summed E-state index contributed by atoms with van der Waals surface area (Å²) in [6.45, 7) is 0. The smallest absolute Gasteiger partial charge is 0.258 e. The molecule has 0 spiro atoms. The molecule has 0 saturated heterocycles. The molecule has 1 aromatic carbocycles. The monoisotopic (exact) mass is 336 g/mol. The van der Waals surface area contributed by atoms with Crippen LogP contribution in [0.25, 0.3) is 16.6 Å². The zero-order valence-corrected chi connectivity index (χ0v) is 13.3. The van der Waals surface area contributed by atoms with Gasteiger partial charge in [0.1, 0.15) is 12.2 Å². The Kier molecular flexibility index (Phi) is 3.80. The Morgan fingerprint density at radius 2 is 2.08 bits per heavy atom. The number of hydrogen-bond acceptors (Lipinski definition) is 6. The molecule has 0 fully saturated rings. The summed E-state index contributed by atoms with van der Waals surface area (Å²) < 4.78 is 1.84. The average Bonchev–Trinajstić information content (AvgIpc) is 3.09. The number of fused-ring (bicyclic) bond motifs is 1. The zero-order valence-electron chi connectivity index (χ0n) is 12.5. The summed E-state index contributed by atoms with van der Waals surface area (Å²) in [6, 6.07) is 11.1. The number of nitrogens with zero attached hydrogens (tertiary/aromatic N) is 5. The van der Waals surface area contributed by atoms with Crippen LogP contribution in [0.1, 0.15) is 5.82 Å². The first-order chi connectivity index (χ1) is 11.8. The number of rotatable bonds is 4. The Bertz CT molecular complexity index is 1040. The minimum atomic E-state index is -0.134. The fourth-order valence-electron chi connectivity index (χ4n) is 2.33.